The van der Waals surface area contributed by atoms with Crippen LogP contribution in [0, 0.1) is 11.8 Å². The first-order chi connectivity index (χ1) is 38.9. The zero-order valence-electron chi connectivity index (χ0n) is 48.0. The molecular weight excluding hydrogens is 1010 g/mol. The van der Waals surface area contributed by atoms with Gasteiger partial charge in [0.2, 0.25) is 23.6 Å². The predicted octanol–water partition coefficient (Wildman–Crippen LogP) is 8.84. The average molecular weight is 1100 g/mol. The Hall–Kier alpha value is -6.42. The summed E-state index contributed by atoms with van der Waals surface area (Å²) in [4.78, 5) is 92.7. The van der Waals surface area contributed by atoms with Crippen molar-refractivity contribution < 1.29 is 42.5 Å². The number of ether oxygens (including phenoxy) is 2. The summed E-state index contributed by atoms with van der Waals surface area (Å²) in [5.74, 6) is -0.745. The fourth-order valence-corrected chi connectivity index (χ4v) is 12.6. The van der Waals surface area contributed by atoms with Crippen LogP contribution in [0.5, 0.6) is 0 Å². The minimum absolute atomic E-state index is 0. The van der Waals surface area contributed by atoms with E-state index < -0.39 is 18.1 Å². The van der Waals surface area contributed by atoms with E-state index >= 15 is 0 Å². The van der Waals surface area contributed by atoms with E-state index in [1.54, 1.807) is 28.2 Å². The highest BCUT2D eigenvalue weighted by Crippen LogP contribution is 2.33. The lowest BCUT2D eigenvalue weighted by Crippen LogP contribution is -2.57. The van der Waals surface area contributed by atoms with Crippen molar-refractivity contribution in [3.05, 3.63) is 131 Å². The van der Waals surface area contributed by atoms with Crippen LogP contribution in [-0.4, -0.2) is 158 Å². The smallest absolute Gasteiger partial charge is 0.253 e. The SMILES string of the molecule is CCC(=O)N[C@H](C(=O)N1C[C@@H](OC)C[C@H]1CN(CCc1ccccc1)C(=O)c1ccc(-c2ccc(C(=O)N(CCc3ccccc3)C[C@@H]3C[C@H](OC)CN3C(=O)[C@@H](NC(=O)[C@H](C)NC)C3CCCCC3)cc2)cc1)C1CCCCC1.[HH].[HH].[HH]. The lowest BCUT2D eigenvalue weighted by molar-refractivity contribution is -0.140. The van der Waals surface area contributed by atoms with Crippen molar-refractivity contribution in [1.29, 1.82) is 0 Å². The molecule has 2 saturated heterocycles. The van der Waals surface area contributed by atoms with Crippen LogP contribution in [-0.2, 0) is 41.5 Å². The molecule has 15 heteroatoms. The highest BCUT2D eigenvalue weighted by Gasteiger charge is 2.44. The zero-order valence-corrected chi connectivity index (χ0v) is 48.0. The number of methoxy groups -OCH3 is 2. The first-order valence-electron chi connectivity index (χ1n) is 29.7. The topological polar surface area (TPSA) is 170 Å². The van der Waals surface area contributed by atoms with E-state index in [0.29, 0.717) is 82.5 Å². The second-order valence-electron chi connectivity index (χ2n) is 22.8. The maximum atomic E-state index is 14.8. The minimum atomic E-state index is -0.667. The molecule has 436 valence electrons. The van der Waals surface area contributed by atoms with Gasteiger partial charge in [0, 0.05) is 75.3 Å². The Morgan fingerprint density at radius 1 is 0.575 bits per heavy atom. The number of benzene rings is 4. The Morgan fingerprint density at radius 2 is 0.975 bits per heavy atom. The summed E-state index contributed by atoms with van der Waals surface area (Å²) in [5.41, 5.74) is 5.00. The molecule has 80 heavy (non-hydrogen) atoms. The molecule has 4 fully saturated rings. The number of hydrogen-bond donors (Lipinski definition) is 3. The molecule has 2 saturated carbocycles. The molecule has 2 aliphatic heterocycles. The molecule has 7 atom stereocenters. The number of carbonyl (C=O) groups excluding carboxylic acids is 6. The number of likely N-dealkylation sites (tertiary alicyclic amines) is 2. The molecule has 2 aliphatic carbocycles. The molecule has 2 heterocycles. The molecule has 0 unspecified atom stereocenters. The van der Waals surface area contributed by atoms with E-state index in [2.05, 4.69) is 40.2 Å². The number of amides is 6. The van der Waals surface area contributed by atoms with E-state index in [9.17, 15) is 28.8 Å². The van der Waals surface area contributed by atoms with Crippen molar-refractivity contribution in [2.45, 2.75) is 153 Å². The molecule has 4 aliphatic rings. The van der Waals surface area contributed by atoms with Crippen LogP contribution in [0.25, 0.3) is 11.1 Å². The van der Waals surface area contributed by atoms with Gasteiger partial charge in [0.25, 0.3) is 11.8 Å². The number of hydrogen-bond acceptors (Lipinski definition) is 9. The molecule has 0 radical (unpaired) electrons. The molecule has 4 aromatic carbocycles. The zero-order chi connectivity index (χ0) is 56.5. The van der Waals surface area contributed by atoms with Gasteiger partial charge in [-0.3, -0.25) is 28.8 Å². The van der Waals surface area contributed by atoms with Gasteiger partial charge < -0.3 is 45.0 Å². The molecule has 4 aromatic rings. The third-order valence-corrected chi connectivity index (χ3v) is 17.6. The highest BCUT2D eigenvalue weighted by molar-refractivity contribution is 5.96. The highest BCUT2D eigenvalue weighted by atomic mass is 16.5. The standard InChI is InChI=1S/C65H87N7O8.3H2/c1-6-58(73)67-59(50-23-15-9-16-24-50)64(77)71-43-56(79-4)39-54(71)41-69(37-35-46-19-11-7-12-20-46)62(75)52-31-27-48(28-32-52)49-29-33-53(34-30-49)63(76)70(38-36-47-21-13-8-14-22-47)42-55-40-57(80-5)44-72(55)65(78)60(51-25-17-10-18-26-51)68-61(74)45(2)66-3;;;/h7-8,11-14,19-22,27-34,45,50-51,54-57,59-60,66H,6,9-10,15-18,23-26,35-44H2,1-5H3,(H,67,73)(H,68,74);3*1H/t45-,54-,55-,56-,57-,59-,60-;;;/m0.../s1. The largest absolute Gasteiger partial charge is 0.380 e. The lowest BCUT2D eigenvalue weighted by atomic mass is 9.83. The van der Waals surface area contributed by atoms with E-state index in [1.807, 2.05) is 111 Å². The van der Waals surface area contributed by atoms with Gasteiger partial charge in [-0.05, 0) is 124 Å². The van der Waals surface area contributed by atoms with Gasteiger partial charge in [0.1, 0.15) is 12.1 Å². The Labute approximate surface area is 479 Å². The van der Waals surface area contributed by atoms with Crippen molar-refractivity contribution in [2.75, 3.05) is 60.5 Å². The summed E-state index contributed by atoms with van der Waals surface area (Å²) < 4.78 is 11.8. The second kappa shape index (κ2) is 29.3. The molecule has 6 amide bonds. The van der Waals surface area contributed by atoms with Crippen LogP contribution in [0.3, 0.4) is 0 Å². The fraction of sp³-hybridized carbons (Fsp3) is 0.538. The van der Waals surface area contributed by atoms with Gasteiger partial charge in [-0.25, -0.2) is 0 Å². The van der Waals surface area contributed by atoms with Gasteiger partial charge in [0.15, 0.2) is 0 Å². The molecule has 8 rings (SSSR count). The van der Waals surface area contributed by atoms with Crippen LogP contribution < -0.4 is 16.0 Å². The number of carbonyl (C=O) groups is 6. The van der Waals surface area contributed by atoms with Crippen LogP contribution >= 0.6 is 0 Å². The fourth-order valence-electron chi connectivity index (χ4n) is 12.6. The second-order valence-corrected chi connectivity index (χ2v) is 22.8. The Balaban J connectivity index is 0.00000420. The normalized spacial score (nSPS) is 20.9. The number of likely N-dealkylation sites (N-methyl/N-ethyl adjacent to an activating group) is 1. The summed E-state index contributed by atoms with van der Waals surface area (Å²) in [6.07, 6.45) is 12.1. The molecule has 0 spiro atoms. The molecular formula is C65H93N7O8. The summed E-state index contributed by atoms with van der Waals surface area (Å²) in [5, 5.41) is 9.25. The van der Waals surface area contributed by atoms with Crippen LogP contribution in [0.15, 0.2) is 109 Å². The lowest BCUT2D eigenvalue weighted by Gasteiger charge is -2.36. The first kappa shape index (κ1) is 59.7. The van der Waals surface area contributed by atoms with E-state index in [4.69, 9.17) is 9.47 Å². The van der Waals surface area contributed by atoms with Crippen LogP contribution in [0.4, 0.5) is 0 Å². The maximum Gasteiger partial charge on any atom is 0.253 e. The molecule has 15 nitrogen and oxygen atoms in total. The van der Waals surface area contributed by atoms with Crippen molar-refractivity contribution in [1.82, 2.24) is 35.6 Å². The summed E-state index contributed by atoms with van der Waals surface area (Å²) in [7, 11) is 5.06. The maximum absolute atomic E-state index is 14.8. The summed E-state index contributed by atoms with van der Waals surface area (Å²) in [6.45, 7) is 5.86. The van der Waals surface area contributed by atoms with Gasteiger partial charge >= 0.3 is 0 Å². The Kier molecular flexibility index (Phi) is 21.9. The van der Waals surface area contributed by atoms with Crippen molar-refractivity contribution in [2.24, 2.45) is 11.8 Å². The summed E-state index contributed by atoms with van der Waals surface area (Å²) in [6, 6.07) is 32.9. The minimum Gasteiger partial charge on any atom is -0.380 e. The Bertz CT molecular complexity index is 2660. The first-order valence-corrected chi connectivity index (χ1v) is 29.7. The number of nitrogens with one attached hydrogen (secondary N) is 3. The summed E-state index contributed by atoms with van der Waals surface area (Å²) >= 11 is 0. The van der Waals surface area contributed by atoms with Gasteiger partial charge in [-0.2, -0.15) is 0 Å². The molecule has 0 aromatic heterocycles. The Morgan fingerprint density at radius 3 is 1.35 bits per heavy atom. The van der Waals surface area contributed by atoms with E-state index in [-0.39, 0.29) is 75.9 Å². The number of rotatable bonds is 24. The van der Waals surface area contributed by atoms with Gasteiger partial charge in [-0.15, -0.1) is 0 Å². The van der Waals surface area contributed by atoms with Gasteiger partial charge in [0.05, 0.1) is 30.3 Å². The predicted molar refractivity (Wildman–Crippen MR) is 318 cm³/mol. The monoisotopic (exact) mass is 1100 g/mol. The van der Waals surface area contributed by atoms with Crippen molar-refractivity contribution in [3.8, 4) is 11.1 Å². The quantitative estimate of drug-likeness (QED) is 0.0621. The van der Waals surface area contributed by atoms with Crippen LogP contribution in [0.2, 0.25) is 0 Å². The third-order valence-electron chi connectivity index (χ3n) is 17.6. The van der Waals surface area contributed by atoms with Gasteiger partial charge in [-0.1, -0.05) is 130 Å². The van der Waals surface area contributed by atoms with E-state index in [0.717, 1.165) is 86.5 Å². The van der Waals surface area contributed by atoms with Crippen molar-refractivity contribution >= 4 is 35.4 Å². The van der Waals surface area contributed by atoms with Crippen LogP contribution in [0.1, 0.15) is 133 Å². The molecule has 3 N–H and O–H groups in total. The van der Waals surface area contributed by atoms with Crippen molar-refractivity contribution in [3.63, 3.8) is 0 Å². The molecule has 0 bridgehead atoms. The third kappa shape index (κ3) is 15.5. The number of nitrogens with zero attached hydrogens (tertiary/aromatic N) is 4. The van der Waals surface area contributed by atoms with E-state index in [1.165, 1.54) is 0 Å². The average Bonchev–Trinajstić information content (AvgIpc) is 4.17.